The van der Waals surface area contributed by atoms with Crippen molar-refractivity contribution in [3.8, 4) is 0 Å². The van der Waals surface area contributed by atoms with Gasteiger partial charge in [0, 0.05) is 0 Å². The summed E-state index contributed by atoms with van der Waals surface area (Å²) in [6.07, 6.45) is 0.358. The van der Waals surface area contributed by atoms with Crippen molar-refractivity contribution < 1.29 is 14.3 Å². The predicted octanol–water partition coefficient (Wildman–Crippen LogP) is -1.12. The van der Waals surface area contributed by atoms with Crippen LogP contribution in [0, 0.1) is 0 Å². The van der Waals surface area contributed by atoms with E-state index < -0.39 is 5.97 Å². The van der Waals surface area contributed by atoms with Crippen LogP contribution in [0.25, 0.3) is 0 Å². The molecule has 0 fully saturated rings. The highest BCUT2D eigenvalue weighted by Crippen LogP contribution is 1.78. The van der Waals surface area contributed by atoms with E-state index in [1.165, 1.54) is 0 Å². The maximum absolute atomic E-state index is 10.5. The van der Waals surface area contributed by atoms with Crippen LogP contribution in [0.5, 0.6) is 0 Å². The van der Waals surface area contributed by atoms with E-state index >= 15 is 0 Å². The van der Waals surface area contributed by atoms with Gasteiger partial charge in [0.05, 0.1) is 6.61 Å². The van der Waals surface area contributed by atoms with Crippen molar-refractivity contribution in [2.75, 3.05) is 13.2 Å². The summed E-state index contributed by atoms with van der Waals surface area (Å²) in [7, 11) is 0. The number of carbonyl (C=O) groups excluding carboxylic acids is 2. The molecule has 0 saturated carbocycles. The normalized spacial score (nSPS) is 8.60. The summed E-state index contributed by atoms with van der Waals surface area (Å²) < 4.78 is 4.49. The molecule has 2 N–H and O–H groups in total. The maximum atomic E-state index is 10.5. The van der Waals surface area contributed by atoms with E-state index in [0.29, 0.717) is 13.0 Å². The molecule has 0 aromatic heterocycles. The molecule has 0 saturated heterocycles. The van der Waals surface area contributed by atoms with Gasteiger partial charge in [-0.2, -0.15) is 0 Å². The molecule has 0 aliphatic carbocycles. The minimum absolute atomic E-state index is 0.197. The van der Waals surface area contributed by atoms with Crippen LogP contribution in [0.3, 0.4) is 0 Å². The van der Waals surface area contributed by atoms with Crippen molar-refractivity contribution in [1.82, 2.24) is 5.01 Å². The van der Waals surface area contributed by atoms with Gasteiger partial charge in [0.2, 0.25) is 6.41 Å². The third-order valence-electron chi connectivity index (χ3n) is 0.752. The summed E-state index contributed by atoms with van der Waals surface area (Å²) in [6.45, 7) is 1.78. The zero-order valence-electron chi connectivity index (χ0n) is 5.74. The van der Waals surface area contributed by atoms with Crippen molar-refractivity contribution in [1.29, 1.82) is 0 Å². The van der Waals surface area contributed by atoms with Gasteiger partial charge in [-0.05, 0) is 6.92 Å². The average molecular weight is 146 g/mol. The quantitative estimate of drug-likeness (QED) is 0.179. The second-order valence-electron chi connectivity index (χ2n) is 1.58. The lowest BCUT2D eigenvalue weighted by Crippen LogP contribution is -2.35. The summed E-state index contributed by atoms with van der Waals surface area (Å²) in [5.41, 5.74) is 0. The Bertz CT molecular complexity index is 126. The number of amides is 1. The van der Waals surface area contributed by atoms with Gasteiger partial charge < -0.3 is 4.74 Å². The lowest BCUT2D eigenvalue weighted by atomic mass is 10.6. The summed E-state index contributed by atoms with van der Waals surface area (Å²) in [6, 6.07) is 0. The van der Waals surface area contributed by atoms with E-state index in [9.17, 15) is 9.59 Å². The first kappa shape index (κ1) is 8.90. The van der Waals surface area contributed by atoms with Crippen molar-refractivity contribution >= 4 is 12.4 Å². The zero-order chi connectivity index (χ0) is 7.98. The minimum Gasteiger partial charge on any atom is -0.465 e. The molecular formula is C5H10N2O3. The van der Waals surface area contributed by atoms with Gasteiger partial charge in [0.1, 0.15) is 6.54 Å². The summed E-state index contributed by atoms with van der Waals surface area (Å²) in [5, 5.41) is 0.720. The lowest BCUT2D eigenvalue weighted by Gasteiger charge is -2.07. The van der Waals surface area contributed by atoms with Crippen LogP contribution in [-0.4, -0.2) is 30.5 Å². The molecular weight excluding hydrogens is 136 g/mol. The number of hydrogen-bond acceptors (Lipinski definition) is 4. The molecule has 58 valence electrons. The molecule has 5 nitrogen and oxygen atoms in total. The van der Waals surface area contributed by atoms with Crippen LogP contribution < -0.4 is 5.84 Å². The molecule has 0 unspecified atom stereocenters. The fourth-order valence-corrected chi connectivity index (χ4v) is 0.393. The Kier molecular flexibility index (Phi) is 4.23. The summed E-state index contributed by atoms with van der Waals surface area (Å²) in [4.78, 5) is 20.3. The Morgan fingerprint density at radius 3 is 2.80 bits per heavy atom. The molecule has 0 bridgehead atoms. The molecule has 0 atom stereocenters. The standard InChI is InChI=1S/C5H10N2O3/c1-2-10-5(9)3-7(6)4-8/h4H,2-3,6H2,1H3. The number of nitrogens with two attached hydrogens (primary N) is 1. The maximum Gasteiger partial charge on any atom is 0.327 e. The molecule has 5 heteroatoms. The highest BCUT2D eigenvalue weighted by Gasteiger charge is 2.03. The summed E-state index contributed by atoms with van der Waals surface area (Å²) >= 11 is 0. The number of hydrazine groups is 1. The second kappa shape index (κ2) is 4.75. The van der Waals surface area contributed by atoms with E-state index in [2.05, 4.69) is 4.74 Å². The van der Waals surface area contributed by atoms with Gasteiger partial charge in [-0.1, -0.05) is 0 Å². The van der Waals surface area contributed by atoms with Crippen LogP contribution in [0.4, 0.5) is 0 Å². The molecule has 0 rings (SSSR count). The Labute approximate surface area is 58.7 Å². The fraction of sp³-hybridized carbons (Fsp3) is 0.600. The van der Waals surface area contributed by atoms with Crippen molar-refractivity contribution in [2.45, 2.75) is 6.92 Å². The number of ether oxygens (including phenoxy) is 1. The molecule has 0 aromatic carbocycles. The Morgan fingerprint density at radius 2 is 2.40 bits per heavy atom. The Hall–Kier alpha value is -1.10. The van der Waals surface area contributed by atoms with Gasteiger partial charge >= 0.3 is 5.97 Å². The topological polar surface area (TPSA) is 72.6 Å². The molecule has 0 spiro atoms. The van der Waals surface area contributed by atoms with E-state index in [1.54, 1.807) is 6.92 Å². The molecule has 10 heavy (non-hydrogen) atoms. The SMILES string of the molecule is CCOC(=O)CN(N)C=O. The number of rotatable bonds is 4. The highest BCUT2D eigenvalue weighted by molar-refractivity contribution is 5.73. The molecule has 0 radical (unpaired) electrons. The van der Waals surface area contributed by atoms with Crippen molar-refractivity contribution in [3.05, 3.63) is 0 Å². The van der Waals surface area contributed by atoms with Gasteiger partial charge in [-0.3, -0.25) is 14.6 Å². The number of carbonyl (C=O) groups is 2. The van der Waals surface area contributed by atoms with Gasteiger partial charge in [0.15, 0.2) is 0 Å². The number of hydrogen-bond donors (Lipinski definition) is 1. The monoisotopic (exact) mass is 146 g/mol. The average Bonchev–Trinajstić information content (AvgIpc) is 1.88. The van der Waals surface area contributed by atoms with Crippen LogP contribution >= 0.6 is 0 Å². The van der Waals surface area contributed by atoms with Crippen LogP contribution in [0.1, 0.15) is 6.92 Å². The van der Waals surface area contributed by atoms with E-state index in [-0.39, 0.29) is 6.54 Å². The molecule has 0 aliphatic rings. The molecule has 0 heterocycles. The van der Waals surface area contributed by atoms with E-state index in [1.807, 2.05) is 0 Å². The van der Waals surface area contributed by atoms with Gasteiger partial charge in [0.25, 0.3) is 0 Å². The fourth-order valence-electron chi connectivity index (χ4n) is 0.393. The highest BCUT2D eigenvalue weighted by atomic mass is 16.5. The minimum atomic E-state index is -0.503. The van der Waals surface area contributed by atoms with Crippen molar-refractivity contribution in [3.63, 3.8) is 0 Å². The molecule has 0 aromatic rings. The first-order valence-corrected chi connectivity index (χ1v) is 2.83. The Morgan fingerprint density at radius 1 is 1.80 bits per heavy atom. The van der Waals surface area contributed by atoms with Crippen LogP contribution in [0.15, 0.2) is 0 Å². The molecule has 1 amide bonds. The van der Waals surface area contributed by atoms with Gasteiger partial charge in [-0.15, -0.1) is 0 Å². The second-order valence-corrected chi connectivity index (χ2v) is 1.58. The smallest absolute Gasteiger partial charge is 0.327 e. The Balaban J connectivity index is 3.46. The van der Waals surface area contributed by atoms with Crippen LogP contribution in [0.2, 0.25) is 0 Å². The van der Waals surface area contributed by atoms with E-state index in [4.69, 9.17) is 5.84 Å². The number of nitrogens with zero attached hydrogens (tertiary/aromatic N) is 1. The van der Waals surface area contributed by atoms with Crippen molar-refractivity contribution in [2.24, 2.45) is 5.84 Å². The lowest BCUT2D eigenvalue weighted by molar-refractivity contribution is -0.146. The third kappa shape index (κ3) is 3.85. The summed E-state index contributed by atoms with van der Waals surface area (Å²) in [5.74, 6) is 4.47. The predicted molar refractivity (Wildman–Crippen MR) is 33.6 cm³/mol. The third-order valence-corrected chi connectivity index (χ3v) is 0.752. The number of esters is 1. The largest absolute Gasteiger partial charge is 0.465 e. The molecule has 0 aliphatic heterocycles. The van der Waals surface area contributed by atoms with Gasteiger partial charge in [-0.25, -0.2) is 5.84 Å². The first-order chi connectivity index (χ1) is 4.70. The first-order valence-electron chi connectivity index (χ1n) is 2.83. The zero-order valence-corrected chi connectivity index (χ0v) is 5.74. The van der Waals surface area contributed by atoms with E-state index in [0.717, 1.165) is 5.01 Å². The van der Waals surface area contributed by atoms with Crippen LogP contribution in [-0.2, 0) is 14.3 Å².